The number of nitrogen functional groups attached to an aromatic ring is 1. The summed E-state index contributed by atoms with van der Waals surface area (Å²) in [5.74, 6) is 0.573. The quantitative estimate of drug-likeness (QED) is 0.872. The average molecular weight is 230 g/mol. The zero-order valence-corrected chi connectivity index (χ0v) is 10.3. The van der Waals surface area contributed by atoms with Crippen LogP contribution in [0.25, 0.3) is 0 Å². The number of rotatable bonds is 4. The van der Waals surface area contributed by atoms with Crippen LogP contribution in [-0.4, -0.2) is 23.4 Å². The van der Waals surface area contributed by atoms with E-state index in [1.165, 1.54) is 11.3 Å². The number of nitrogens with zero attached hydrogens (tertiary/aromatic N) is 3. The van der Waals surface area contributed by atoms with E-state index in [2.05, 4.69) is 48.2 Å². The van der Waals surface area contributed by atoms with Crippen molar-refractivity contribution in [2.45, 2.75) is 13.5 Å². The van der Waals surface area contributed by atoms with Gasteiger partial charge in [0.1, 0.15) is 5.82 Å². The molecule has 0 unspecified atom stereocenters. The van der Waals surface area contributed by atoms with Gasteiger partial charge in [-0.05, 0) is 24.6 Å². The van der Waals surface area contributed by atoms with Crippen molar-refractivity contribution in [2.75, 3.05) is 24.2 Å². The molecule has 0 amide bonds. The Morgan fingerprint density at radius 2 is 2.06 bits per heavy atom. The molecule has 0 saturated heterocycles. The number of hydrogen-bond acceptors (Lipinski definition) is 3. The summed E-state index contributed by atoms with van der Waals surface area (Å²) in [5, 5.41) is 4.17. The molecule has 1 heterocycles. The second-order valence-electron chi connectivity index (χ2n) is 4.21. The summed E-state index contributed by atoms with van der Waals surface area (Å²) >= 11 is 0. The molecule has 0 bridgehead atoms. The maximum Gasteiger partial charge on any atom is 0.145 e. The van der Waals surface area contributed by atoms with E-state index in [0.29, 0.717) is 5.82 Å². The molecule has 0 aliphatic carbocycles. The van der Waals surface area contributed by atoms with Gasteiger partial charge in [0, 0.05) is 25.5 Å². The largest absolute Gasteiger partial charge is 0.382 e. The van der Waals surface area contributed by atoms with Gasteiger partial charge in [-0.15, -0.1) is 0 Å². The summed E-state index contributed by atoms with van der Waals surface area (Å²) in [6.45, 7) is 3.87. The van der Waals surface area contributed by atoms with Gasteiger partial charge in [0.2, 0.25) is 0 Å². The van der Waals surface area contributed by atoms with Crippen LogP contribution in [0, 0.1) is 6.92 Å². The van der Waals surface area contributed by atoms with Crippen molar-refractivity contribution in [2.24, 2.45) is 0 Å². The predicted molar refractivity (Wildman–Crippen MR) is 71.1 cm³/mol. The van der Waals surface area contributed by atoms with Crippen LogP contribution in [0.2, 0.25) is 0 Å². The standard InChI is InChI=1S/C13H18N4/c1-11-5-3-4-6-12(11)16(2)9-10-17-8-7-13(14)15-17/h3-8H,9-10H2,1-2H3,(H2,14,15). The minimum Gasteiger partial charge on any atom is -0.382 e. The van der Waals surface area contributed by atoms with Gasteiger partial charge >= 0.3 is 0 Å². The third-order valence-electron chi connectivity index (χ3n) is 2.85. The Hall–Kier alpha value is -1.97. The molecule has 0 aliphatic heterocycles. The molecule has 0 aliphatic rings. The Bertz CT molecular complexity index is 490. The highest BCUT2D eigenvalue weighted by molar-refractivity contribution is 5.52. The molecule has 0 fully saturated rings. The Morgan fingerprint density at radius 1 is 1.29 bits per heavy atom. The van der Waals surface area contributed by atoms with Crippen molar-refractivity contribution in [3.63, 3.8) is 0 Å². The summed E-state index contributed by atoms with van der Waals surface area (Å²) in [6.07, 6.45) is 1.90. The Labute approximate surface area is 102 Å². The maximum atomic E-state index is 5.57. The van der Waals surface area contributed by atoms with Gasteiger partial charge in [0.25, 0.3) is 0 Å². The fraction of sp³-hybridized carbons (Fsp3) is 0.308. The lowest BCUT2D eigenvalue weighted by molar-refractivity contribution is 0.613. The normalized spacial score (nSPS) is 10.5. The van der Waals surface area contributed by atoms with Gasteiger partial charge in [0.15, 0.2) is 0 Å². The van der Waals surface area contributed by atoms with Crippen LogP contribution in [0.1, 0.15) is 5.56 Å². The molecule has 4 nitrogen and oxygen atoms in total. The lowest BCUT2D eigenvalue weighted by atomic mass is 10.2. The zero-order chi connectivity index (χ0) is 12.3. The van der Waals surface area contributed by atoms with Crippen LogP contribution in [0.4, 0.5) is 11.5 Å². The van der Waals surface area contributed by atoms with E-state index < -0.39 is 0 Å². The van der Waals surface area contributed by atoms with Crippen LogP contribution >= 0.6 is 0 Å². The third kappa shape index (κ3) is 2.78. The van der Waals surface area contributed by atoms with Crippen molar-refractivity contribution in [1.82, 2.24) is 9.78 Å². The Morgan fingerprint density at radius 3 is 2.71 bits per heavy atom. The highest BCUT2D eigenvalue weighted by Gasteiger charge is 2.03. The fourth-order valence-electron chi connectivity index (χ4n) is 1.87. The Kier molecular flexibility index (Phi) is 3.32. The highest BCUT2D eigenvalue weighted by Crippen LogP contribution is 2.17. The molecule has 17 heavy (non-hydrogen) atoms. The summed E-state index contributed by atoms with van der Waals surface area (Å²) in [5.41, 5.74) is 8.12. The predicted octanol–water partition coefficient (Wildman–Crippen LogP) is 1.91. The van der Waals surface area contributed by atoms with Crippen molar-refractivity contribution >= 4 is 11.5 Å². The first-order valence-corrected chi connectivity index (χ1v) is 5.72. The lowest BCUT2D eigenvalue weighted by Gasteiger charge is -2.21. The van der Waals surface area contributed by atoms with Gasteiger partial charge in [-0.25, -0.2) is 0 Å². The van der Waals surface area contributed by atoms with Gasteiger partial charge in [-0.3, -0.25) is 4.68 Å². The minimum atomic E-state index is 0.573. The van der Waals surface area contributed by atoms with E-state index in [0.717, 1.165) is 13.1 Å². The first kappa shape index (κ1) is 11.5. The van der Waals surface area contributed by atoms with E-state index >= 15 is 0 Å². The molecule has 0 radical (unpaired) electrons. The number of anilines is 2. The zero-order valence-electron chi connectivity index (χ0n) is 10.3. The van der Waals surface area contributed by atoms with E-state index in [9.17, 15) is 0 Å². The number of aromatic nitrogens is 2. The third-order valence-corrected chi connectivity index (χ3v) is 2.85. The van der Waals surface area contributed by atoms with Crippen molar-refractivity contribution in [3.05, 3.63) is 42.1 Å². The molecule has 1 aromatic carbocycles. The number of aryl methyl sites for hydroxylation is 1. The van der Waals surface area contributed by atoms with Crippen molar-refractivity contribution in [1.29, 1.82) is 0 Å². The summed E-state index contributed by atoms with van der Waals surface area (Å²) < 4.78 is 1.87. The maximum absolute atomic E-state index is 5.57. The summed E-state index contributed by atoms with van der Waals surface area (Å²) in [4.78, 5) is 2.23. The highest BCUT2D eigenvalue weighted by atomic mass is 15.3. The smallest absolute Gasteiger partial charge is 0.145 e. The van der Waals surface area contributed by atoms with Gasteiger partial charge in [-0.2, -0.15) is 5.10 Å². The van der Waals surface area contributed by atoms with Crippen LogP contribution < -0.4 is 10.6 Å². The average Bonchev–Trinajstić information content (AvgIpc) is 2.73. The van der Waals surface area contributed by atoms with E-state index in [-0.39, 0.29) is 0 Å². The molecule has 0 atom stereocenters. The second-order valence-corrected chi connectivity index (χ2v) is 4.21. The van der Waals surface area contributed by atoms with E-state index in [1.807, 2.05) is 16.9 Å². The van der Waals surface area contributed by atoms with Gasteiger partial charge < -0.3 is 10.6 Å². The molecule has 90 valence electrons. The molecule has 2 N–H and O–H groups in total. The van der Waals surface area contributed by atoms with Gasteiger partial charge in [0.05, 0.1) is 6.54 Å². The van der Waals surface area contributed by atoms with Crippen LogP contribution in [0.3, 0.4) is 0 Å². The minimum absolute atomic E-state index is 0.573. The van der Waals surface area contributed by atoms with Crippen molar-refractivity contribution < 1.29 is 0 Å². The Balaban J connectivity index is 1.98. The molecular formula is C13H18N4. The topological polar surface area (TPSA) is 47.1 Å². The summed E-state index contributed by atoms with van der Waals surface area (Å²) in [6, 6.07) is 10.2. The number of hydrogen-bond donors (Lipinski definition) is 1. The molecule has 2 aromatic rings. The molecule has 0 spiro atoms. The SMILES string of the molecule is Cc1ccccc1N(C)CCn1ccc(N)n1. The number of para-hydroxylation sites is 1. The first-order valence-electron chi connectivity index (χ1n) is 5.72. The molecular weight excluding hydrogens is 212 g/mol. The van der Waals surface area contributed by atoms with E-state index in [4.69, 9.17) is 5.73 Å². The first-order chi connectivity index (χ1) is 8.16. The monoisotopic (exact) mass is 230 g/mol. The number of likely N-dealkylation sites (N-methyl/N-ethyl adjacent to an activating group) is 1. The molecule has 4 heteroatoms. The lowest BCUT2D eigenvalue weighted by Crippen LogP contribution is -2.23. The second kappa shape index (κ2) is 4.91. The van der Waals surface area contributed by atoms with Crippen LogP contribution in [-0.2, 0) is 6.54 Å². The van der Waals surface area contributed by atoms with E-state index in [1.54, 1.807) is 0 Å². The number of benzene rings is 1. The number of nitrogens with two attached hydrogens (primary N) is 1. The molecule has 1 aromatic heterocycles. The fourth-order valence-corrected chi connectivity index (χ4v) is 1.87. The summed E-state index contributed by atoms with van der Waals surface area (Å²) in [7, 11) is 2.09. The van der Waals surface area contributed by atoms with Crippen LogP contribution in [0.15, 0.2) is 36.5 Å². The molecule has 2 rings (SSSR count). The van der Waals surface area contributed by atoms with Gasteiger partial charge in [-0.1, -0.05) is 18.2 Å². The van der Waals surface area contributed by atoms with Crippen molar-refractivity contribution in [3.8, 4) is 0 Å². The van der Waals surface area contributed by atoms with Crippen LogP contribution in [0.5, 0.6) is 0 Å². The molecule has 0 saturated carbocycles.